The van der Waals surface area contributed by atoms with Crippen molar-refractivity contribution in [1.29, 1.82) is 0 Å². The van der Waals surface area contributed by atoms with Gasteiger partial charge in [-0.3, -0.25) is 4.79 Å². The van der Waals surface area contributed by atoms with Gasteiger partial charge in [-0.25, -0.2) is 0 Å². The van der Waals surface area contributed by atoms with Gasteiger partial charge in [0, 0.05) is 34.2 Å². The number of carbonyl (C=O) groups is 1. The van der Waals surface area contributed by atoms with E-state index in [9.17, 15) is 4.79 Å². The molecule has 1 aromatic carbocycles. The zero-order valence-corrected chi connectivity index (χ0v) is 11.1. The van der Waals surface area contributed by atoms with Gasteiger partial charge in [-0.1, -0.05) is 27.5 Å². The maximum atomic E-state index is 12.2. The second kappa shape index (κ2) is 5.30. The summed E-state index contributed by atoms with van der Waals surface area (Å²) < 4.78 is 6.06. The average molecular weight is 304 g/mol. The molecule has 0 atom stereocenters. The molecule has 16 heavy (non-hydrogen) atoms. The van der Waals surface area contributed by atoms with Crippen molar-refractivity contribution >= 4 is 33.3 Å². The fourth-order valence-corrected chi connectivity index (χ4v) is 2.48. The van der Waals surface area contributed by atoms with Crippen molar-refractivity contribution in [2.75, 3.05) is 13.2 Å². The molecule has 1 heterocycles. The topological polar surface area (TPSA) is 26.3 Å². The van der Waals surface area contributed by atoms with Crippen LogP contribution in [0.4, 0.5) is 0 Å². The lowest BCUT2D eigenvalue weighted by atomic mass is 9.91. The first-order valence-electron chi connectivity index (χ1n) is 5.25. The highest BCUT2D eigenvalue weighted by atomic mass is 79.9. The minimum absolute atomic E-state index is 0.0727. The van der Waals surface area contributed by atoms with Crippen LogP contribution in [0.2, 0.25) is 5.02 Å². The van der Waals surface area contributed by atoms with Crippen molar-refractivity contribution < 1.29 is 9.53 Å². The molecule has 2 rings (SSSR count). The Kier molecular flexibility index (Phi) is 4.00. The smallest absolute Gasteiger partial charge is 0.167 e. The van der Waals surface area contributed by atoms with Gasteiger partial charge in [0.25, 0.3) is 0 Å². The number of benzene rings is 1. The minimum atomic E-state index is 0.0727. The second-order valence-electron chi connectivity index (χ2n) is 3.88. The molecule has 0 spiro atoms. The fourth-order valence-electron chi connectivity index (χ4n) is 1.87. The molecule has 1 saturated heterocycles. The van der Waals surface area contributed by atoms with Crippen LogP contribution in [0.5, 0.6) is 0 Å². The fraction of sp³-hybridized carbons (Fsp3) is 0.417. The molecule has 0 bridgehead atoms. The van der Waals surface area contributed by atoms with E-state index in [1.165, 1.54) is 0 Å². The Hall–Kier alpha value is -0.380. The van der Waals surface area contributed by atoms with E-state index in [1.807, 2.05) is 6.07 Å². The van der Waals surface area contributed by atoms with Crippen molar-refractivity contribution in [3.8, 4) is 0 Å². The van der Waals surface area contributed by atoms with E-state index in [0.717, 1.165) is 17.3 Å². The molecule has 1 aliphatic rings. The molecule has 86 valence electrons. The third-order valence-electron chi connectivity index (χ3n) is 2.79. The first-order valence-corrected chi connectivity index (χ1v) is 6.42. The third-order valence-corrected chi connectivity index (χ3v) is 3.71. The Labute approximate surface area is 108 Å². The summed E-state index contributed by atoms with van der Waals surface area (Å²) in [6.07, 6.45) is 1.61. The summed E-state index contributed by atoms with van der Waals surface area (Å²) in [5.41, 5.74) is 0.680. The summed E-state index contributed by atoms with van der Waals surface area (Å²) >= 11 is 9.29. The van der Waals surface area contributed by atoms with E-state index in [2.05, 4.69) is 15.9 Å². The molecule has 0 N–H and O–H groups in total. The van der Waals surface area contributed by atoms with Gasteiger partial charge in [-0.15, -0.1) is 0 Å². The minimum Gasteiger partial charge on any atom is -0.381 e. The summed E-state index contributed by atoms with van der Waals surface area (Å²) in [5, 5.41) is 0.596. The number of halogens is 2. The van der Waals surface area contributed by atoms with Gasteiger partial charge in [-0.2, -0.15) is 0 Å². The van der Waals surface area contributed by atoms with Crippen LogP contribution in [-0.4, -0.2) is 19.0 Å². The third kappa shape index (κ3) is 2.65. The SMILES string of the molecule is O=C(c1cc(Cl)ccc1Br)C1CCOCC1. The number of ketones is 1. The van der Waals surface area contributed by atoms with Gasteiger partial charge in [-0.05, 0) is 31.0 Å². The standard InChI is InChI=1S/C12H12BrClO2/c13-11-2-1-9(14)7-10(11)12(15)8-3-5-16-6-4-8/h1-2,7-8H,3-6H2. The van der Waals surface area contributed by atoms with E-state index < -0.39 is 0 Å². The van der Waals surface area contributed by atoms with Crippen LogP contribution in [0, 0.1) is 5.92 Å². The van der Waals surface area contributed by atoms with Crippen LogP contribution in [0.25, 0.3) is 0 Å². The lowest BCUT2D eigenvalue weighted by molar-refractivity contribution is 0.0544. The molecule has 1 aliphatic heterocycles. The van der Waals surface area contributed by atoms with Gasteiger partial charge in [0.1, 0.15) is 0 Å². The van der Waals surface area contributed by atoms with E-state index in [-0.39, 0.29) is 11.7 Å². The van der Waals surface area contributed by atoms with E-state index >= 15 is 0 Å². The van der Waals surface area contributed by atoms with Gasteiger partial charge >= 0.3 is 0 Å². The summed E-state index contributed by atoms with van der Waals surface area (Å²) in [7, 11) is 0. The van der Waals surface area contributed by atoms with Crippen LogP contribution in [0.3, 0.4) is 0 Å². The highest BCUT2D eigenvalue weighted by Crippen LogP contribution is 2.27. The summed E-state index contributed by atoms with van der Waals surface area (Å²) in [6.45, 7) is 1.35. The van der Waals surface area contributed by atoms with E-state index in [1.54, 1.807) is 12.1 Å². The Morgan fingerprint density at radius 2 is 2.06 bits per heavy atom. The first kappa shape index (κ1) is 12.1. The largest absolute Gasteiger partial charge is 0.381 e. The van der Waals surface area contributed by atoms with E-state index in [0.29, 0.717) is 23.8 Å². The van der Waals surface area contributed by atoms with Crippen LogP contribution >= 0.6 is 27.5 Å². The Morgan fingerprint density at radius 1 is 1.38 bits per heavy atom. The number of Topliss-reactive ketones (excluding diaryl/α,β-unsaturated/α-hetero) is 1. The highest BCUT2D eigenvalue weighted by molar-refractivity contribution is 9.10. The summed E-state index contributed by atoms with van der Waals surface area (Å²) in [6, 6.07) is 5.31. The van der Waals surface area contributed by atoms with Crippen molar-refractivity contribution in [2.24, 2.45) is 5.92 Å². The zero-order chi connectivity index (χ0) is 11.5. The second-order valence-corrected chi connectivity index (χ2v) is 5.17. The monoisotopic (exact) mass is 302 g/mol. The summed E-state index contributed by atoms with van der Waals surface area (Å²) in [4.78, 5) is 12.2. The van der Waals surface area contributed by atoms with Crippen LogP contribution in [0.15, 0.2) is 22.7 Å². The van der Waals surface area contributed by atoms with Crippen molar-refractivity contribution in [3.63, 3.8) is 0 Å². The van der Waals surface area contributed by atoms with Crippen LogP contribution in [-0.2, 0) is 4.74 Å². The van der Waals surface area contributed by atoms with Crippen LogP contribution < -0.4 is 0 Å². The molecule has 1 aromatic rings. The zero-order valence-electron chi connectivity index (χ0n) is 8.71. The summed E-state index contributed by atoms with van der Waals surface area (Å²) in [5.74, 6) is 0.237. The molecule has 0 unspecified atom stereocenters. The Morgan fingerprint density at radius 3 is 2.75 bits per heavy atom. The van der Waals surface area contributed by atoms with Gasteiger partial charge in [0.15, 0.2) is 5.78 Å². The number of rotatable bonds is 2. The normalized spacial score (nSPS) is 17.4. The molecular weight excluding hydrogens is 291 g/mol. The highest BCUT2D eigenvalue weighted by Gasteiger charge is 2.24. The lowest BCUT2D eigenvalue weighted by Crippen LogP contribution is -2.23. The number of carbonyl (C=O) groups excluding carboxylic acids is 1. The van der Waals surface area contributed by atoms with E-state index in [4.69, 9.17) is 16.3 Å². The van der Waals surface area contributed by atoms with Crippen molar-refractivity contribution in [2.45, 2.75) is 12.8 Å². The number of hydrogen-bond acceptors (Lipinski definition) is 2. The molecule has 0 aromatic heterocycles. The first-order chi connectivity index (χ1) is 7.68. The van der Waals surface area contributed by atoms with Crippen molar-refractivity contribution in [3.05, 3.63) is 33.3 Å². The van der Waals surface area contributed by atoms with Gasteiger partial charge < -0.3 is 4.74 Å². The predicted octanol–water partition coefficient (Wildman–Crippen LogP) is 3.71. The maximum absolute atomic E-state index is 12.2. The molecule has 0 saturated carbocycles. The molecule has 1 fully saturated rings. The van der Waals surface area contributed by atoms with Crippen LogP contribution in [0.1, 0.15) is 23.2 Å². The Bertz CT molecular complexity index is 400. The van der Waals surface area contributed by atoms with Crippen molar-refractivity contribution in [1.82, 2.24) is 0 Å². The Balaban J connectivity index is 2.22. The molecule has 4 heteroatoms. The maximum Gasteiger partial charge on any atom is 0.167 e. The molecule has 0 aliphatic carbocycles. The average Bonchev–Trinajstić information content (AvgIpc) is 2.32. The molecule has 2 nitrogen and oxygen atoms in total. The number of hydrogen-bond donors (Lipinski definition) is 0. The molecule has 0 amide bonds. The lowest BCUT2D eigenvalue weighted by Gasteiger charge is -2.21. The van der Waals surface area contributed by atoms with Gasteiger partial charge in [0.05, 0.1) is 0 Å². The molecular formula is C12H12BrClO2. The predicted molar refractivity (Wildman–Crippen MR) is 67.0 cm³/mol. The number of ether oxygens (including phenoxy) is 1. The quantitative estimate of drug-likeness (QED) is 0.779. The molecule has 0 radical (unpaired) electrons. The van der Waals surface area contributed by atoms with Gasteiger partial charge in [0.2, 0.25) is 0 Å².